The lowest BCUT2D eigenvalue weighted by Gasteiger charge is -2.13. The van der Waals surface area contributed by atoms with Gasteiger partial charge < -0.3 is 4.98 Å². The van der Waals surface area contributed by atoms with Crippen LogP contribution < -0.4 is 5.43 Å². The second kappa shape index (κ2) is 4.02. The Morgan fingerprint density at radius 3 is 2.33 bits per heavy atom. The predicted octanol–water partition coefficient (Wildman–Crippen LogP) is 3.82. The van der Waals surface area contributed by atoms with E-state index >= 15 is 0 Å². The molecule has 1 heterocycles. The summed E-state index contributed by atoms with van der Waals surface area (Å²) >= 11 is 5.84. The molecule has 2 nitrogen and oxygen atoms in total. The second-order valence-corrected chi connectivity index (χ2v) is 4.45. The zero-order valence-electron chi connectivity index (χ0n) is 9.57. The Labute approximate surface area is 105 Å². The highest BCUT2D eigenvalue weighted by Crippen LogP contribution is 2.31. The Morgan fingerprint density at radius 2 is 1.78 bits per heavy atom. The molecule has 96 valence electrons. The molecule has 0 atom stereocenters. The summed E-state index contributed by atoms with van der Waals surface area (Å²) in [5.41, 5.74) is -1.43. The van der Waals surface area contributed by atoms with Gasteiger partial charge in [-0.05, 0) is 31.5 Å². The predicted molar refractivity (Wildman–Crippen MR) is 64.1 cm³/mol. The summed E-state index contributed by atoms with van der Waals surface area (Å²) in [7, 11) is 0. The first kappa shape index (κ1) is 13.0. The number of aromatic nitrogens is 1. The number of aromatic amines is 1. The molecule has 1 N–H and O–H groups in total. The number of pyridine rings is 1. The fourth-order valence-electron chi connectivity index (χ4n) is 1.85. The molecule has 0 spiro atoms. The minimum atomic E-state index is -4.59. The summed E-state index contributed by atoms with van der Waals surface area (Å²) < 4.78 is 38.4. The summed E-state index contributed by atoms with van der Waals surface area (Å²) in [5.74, 6) is 0. The van der Waals surface area contributed by atoms with Gasteiger partial charge in [-0.25, -0.2) is 0 Å². The molecule has 0 amide bonds. The number of aryl methyl sites for hydroxylation is 1. The maximum atomic E-state index is 12.8. The monoisotopic (exact) mass is 275 g/mol. The normalized spacial score (nSPS) is 12.1. The lowest BCUT2D eigenvalue weighted by Crippen LogP contribution is -2.19. The van der Waals surface area contributed by atoms with Crippen LogP contribution >= 0.6 is 11.6 Å². The maximum Gasteiger partial charge on any atom is 0.431 e. The average Bonchev–Trinajstić information content (AvgIpc) is 2.26. The molecular weight excluding hydrogens is 267 g/mol. The van der Waals surface area contributed by atoms with Crippen LogP contribution in [0.15, 0.2) is 16.9 Å². The van der Waals surface area contributed by atoms with Crippen LogP contribution in [-0.2, 0) is 6.18 Å². The van der Waals surface area contributed by atoms with E-state index in [2.05, 4.69) is 4.98 Å². The van der Waals surface area contributed by atoms with E-state index in [1.807, 2.05) is 0 Å². The Bertz CT molecular complexity index is 688. The zero-order chi connectivity index (χ0) is 13.7. The molecule has 6 heteroatoms. The van der Waals surface area contributed by atoms with Gasteiger partial charge in [-0.3, -0.25) is 4.79 Å². The molecular formula is C12H9ClF3NO. The third kappa shape index (κ3) is 1.88. The first-order valence-corrected chi connectivity index (χ1v) is 5.50. The van der Waals surface area contributed by atoms with Crippen LogP contribution in [0.1, 0.15) is 16.8 Å². The molecule has 18 heavy (non-hydrogen) atoms. The third-order valence-electron chi connectivity index (χ3n) is 2.89. The lowest BCUT2D eigenvalue weighted by molar-refractivity contribution is -0.141. The number of hydrogen-bond donors (Lipinski definition) is 1. The standard InChI is InChI=1S/C12H9ClF3NO/c1-5-8(13)4-3-7-9(5)17-11(12(14,15)16)6(2)10(7)18/h3-4H,1-2H3,(H,17,18). The van der Waals surface area contributed by atoms with Gasteiger partial charge in [0.25, 0.3) is 0 Å². The van der Waals surface area contributed by atoms with Crippen LogP contribution in [0.4, 0.5) is 13.2 Å². The van der Waals surface area contributed by atoms with E-state index in [-0.39, 0.29) is 16.5 Å². The van der Waals surface area contributed by atoms with Crippen molar-refractivity contribution >= 4 is 22.5 Å². The summed E-state index contributed by atoms with van der Waals surface area (Å²) in [6.45, 7) is 2.72. The molecule has 0 radical (unpaired) electrons. The van der Waals surface area contributed by atoms with Crippen LogP contribution in [0.5, 0.6) is 0 Å². The largest absolute Gasteiger partial charge is 0.431 e. The quantitative estimate of drug-likeness (QED) is 0.779. The number of H-pyrrole nitrogens is 1. The number of benzene rings is 1. The molecule has 0 aliphatic heterocycles. The van der Waals surface area contributed by atoms with Crippen molar-refractivity contribution in [2.45, 2.75) is 20.0 Å². The molecule has 1 aromatic heterocycles. The van der Waals surface area contributed by atoms with Gasteiger partial charge in [0.15, 0.2) is 5.43 Å². The lowest BCUT2D eigenvalue weighted by atomic mass is 10.1. The average molecular weight is 276 g/mol. The molecule has 0 aliphatic carbocycles. The molecule has 2 aromatic rings. The van der Waals surface area contributed by atoms with Crippen molar-refractivity contribution < 1.29 is 13.2 Å². The molecule has 1 aromatic carbocycles. The Kier molecular flexibility index (Phi) is 2.89. The molecule has 2 rings (SSSR count). The van der Waals surface area contributed by atoms with Crippen LogP contribution in [0.25, 0.3) is 10.9 Å². The van der Waals surface area contributed by atoms with E-state index in [9.17, 15) is 18.0 Å². The minimum Gasteiger partial charge on any atom is -0.350 e. The smallest absolute Gasteiger partial charge is 0.350 e. The maximum absolute atomic E-state index is 12.8. The number of rotatable bonds is 0. The van der Waals surface area contributed by atoms with Crippen LogP contribution in [0.3, 0.4) is 0 Å². The van der Waals surface area contributed by atoms with Crippen molar-refractivity contribution in [2.75, 3.05) is 0 Å². The number of halogens is 4. The van der Waals surface area contributed by atoms with Gasteiger partial charge in [-0.1, -0.05) is 11.6 Å². The highest BCUT2D eigenvalue weighted by atomic mass is 35.5. The van der Waals surface area contributed by atoms with Crippen molar-refractivity contribution in [1.29, 1.82) is 0 Å². The molecule has 0 saturated carbocycles. The van der Waals surface area contributed by atoms with Gasteiger partial charge in [0, 0.05) is 16.0 Å². The summed E-state index contributed by atoms with van der Waals surface area (Å²) in [6.07, 6.45) is -4.59. The van der Waals surface area contributed by atoms with Crippen molar-refractivity contribution in [3.05, 3.63) is 44.2 Å². The van der Waals surface area contributed by atoms with Gasteiger partial charge in [-0.15, -0.1) is 0 Å². The first-order valence-electron chi connectivity index (χ1n) is 5.12. The fourth-order valence-corrected chi connectivity index (χ4v) is 2.01. The van der Waals surface area contributed by atoms with Crippen LogP contribution in [0.2, 0.25) is 5.02 Å². The summed E-state index contributed by atoms with van der Waals surface area (Å²) in [5, 5.41) is 0.525. The van der Waals surface area contributed by atoms with Crippen molar-refractivity contribution in [3.63, 3.8) is 0 Å². The number of fused-ring (bicyclic) bond motifs is 1. The fraction of sp³-hybridized carbons (Fsp3) is 0.250. The van der Waals surface area contributed by atoms with Crippen LogP contribution in [-0.4, -0.2) is 4.98 Å². The van der Waals surface area contributed by atoms with E-state index in [4.69, 9.17) is 11.6 Å². The van der Waals surface area contributed by atoms with Gasteiger partial charge in [0.1, 0.15) is 5.69 Å². The Morgan fingerprint density at radius 1 is 1.17 bits per heavy atom. The number of nitrogens with one attached hydrogen (secondary N) is 1. The topological polar surface area (TPSA) is 32.9 Å². The van der Waals surface area contributed by atoms with E-state index in [0.29, 0.717) is 10.6 Å². The van der Waals surface area contributed by atoms with Gasteiger partial charge in [0.05, 0.1) is 5.52 Å². The minimum absolute atomic E-state index is 0.130. The summed E-state index contributed by atoms with van der Waals surface area (Å²) in [4.78, 5) is 14.2. The van der Waals surface area contributed by atoms with E-state index in [0.717, 1.165) is 6.92 Å². The van der Waals surface area contributed by atoms with Gasteiger partial charge in [0.2, 0.25) is 0 Å². The van der Waals surface area contributed by atoms with Crippen molar-refractivity contribution in [1.82, 2.24) is 4.98 Å². The second-order valence-electron chi connectivity index (χ2n) is 4.05. The summed E-state index contributed by atoms with van der Waals surface area (Å²) in [6, 6.07) is 2.93. The van der Waals surface area contributed by atoms with Gasteiger partial charge in [-0.2, -0.15) is 13.2 Å². The highest BCUT2D eigenvalue weighted by Gasteiger charge is 2.35. The molecule has 0 fully saturated rings. The Hall–Kier alpha value is -1.49. The third-order valence-corrected chi connectivity index (χ3v) is 3.30. The Balaban J connectivity index is 2.99. The SMILES string of the molecule is Cc1c(C(F)(F)F)[nH]c2c(C)c(Cl)ccc2c1=O. The van der Waals surface area contributed by atoms with Crippen molar-refractivity contribution in [3.8, 4) is 0 Å². The van der Waals surface area contributed by atoms with Crippen molar-refractivity contribution in [2.24, 2.45) is 0 Å². The zero-order valence-corrected chi connectivity index (χ0v) is 10.3. The van der Waals surface area contributed by atoms with Gasteiger partial charge >= 0.3 is 6.18 Å². The molecule has 0 bridgehead atoms. The molecule has 0 saturated heterocycles. The van der Waals surface area contributed by atoms with E-state index in [1.165, 1.54) is 12.1 Å². The van der Waals surface area contributed by atoms with E-state index in [1.54, 1.807) is 6.92 Å². The molecule has 0 aliphatic rings. The molecule has 0 unspecified atom stereocenters. The number of alkyl halides is 3. The van der Waals surface area contributed by atoms with E-state index < -0.39 is 17.3 Å². The highest BCUT2D eigenvalue weighted by molar-refractivity contribution is 6.32. The first-order chi connectivity index (χ1) is 8.23. The van der Waals surface area contributed by atoms with Crippen LogP contribution in [0, 0.1) is 13.8 Å². The number of hydrogen-bond acceptors (Lipinski definition) is 1.